The highest BCUT2D eigenvalue weighted by Crippen LogP contribution is 2.16. The number of ether oxygens (including phenoxy) is 1. The number of rotatable bonds is 4. The molecule has 0 saturated carbocycles. The van der Waals surface area contributed by atoms with Gasteiger partial charge in [0.05, 0.1) is 0 Å². The van der Waals surface area contributed by atoms with Crippen LogP contribution in [-0.4, -0.2) is 24.5 Å². The maximum Gasteiger partial charge on any atom is 0.407 e. The molecular formula is C15H21NO2S. The molecule has 1 rings (SSSR count). The Morgan fingerprint density at radius 2 is 2.16 bits per heavy atom. The largest absolute Gasteiger partial charge is 0.444 e. The van der Waals surface area contributed by atoms with Gasteiger partial charge in [-0.05, 0) is 44.7 Å². The molecule has 1 aromatic carbocycles. The van der Waals surface area contributed by atoms with Crippen LogP contribution < -0.4 is 5.32 Å². The van der Waals surface area contributed by atoms with Crippen molar-refractivity contribution in [3.8, 4) is 0 Å². The van der Waals surface area contributed by atoms with Gasteiger partial charge in [-0.1, -0.05) is 24.3 Å². The van der Waals surface area contributed by atoms with Gasteiger partial charge in [-0.2, -0.15) is 0 Å². The van der Waals surface area contributed by atoms with Crippen molar-refractivity contribution in [2.24, 2.45) is 0 Å². The van der Waals surface area contributed by atoms with Crippen molar-refractivity contribution in [3.63, 3.8) is 0 Å². The van der Waals surface area contributed by atoms with Crippen molar-refractivity contribution in [1.29, 1.82) is 0 Å². The third-order valence-corrected chi connectivity index (χ3v) is 2.89. The first kappa shape index (κ1) is 15.6. The van der Waals surface area contributed by atoms with Gasteiger partial charge in [0.25, 0.3) is 0 Å². The van der Waals surface area contributed by atoms with Crippen molar-refractivity contribution in [3.05, 3.63) is 35.9 Å². The summed E-state index contributed by atoms with van der Waals surface area (Å²) in [6.45, 7) is 5.99. The Hall–Kier alpha value is -1.42. The second-order valence-corrected chi connectivity index (χ2v) is 5.94. The first-order valence-corrected chi connectivity index (χ1v) is 7.40. The molecule has 0 aliphatic rings. The van der Waals surface area contributed by atoms with E-state index in [1.54, 1.807) is 11.8 Å². The fourth-order valence-electron chi connectivity index (χ4n) is 1.40. The molecule has 0 aliphatic carbocycles. The van der Waals surface area contributed by atoms with Crippen LogP contribution in [0.2, 0.25) is 0 Å². The van der Waals surface area contributed by atoms with Crippen molar-refractivity contribution in [2.75, 3.05) is 12.8 Å². The highest BCUT2D eigenvalue weighted by Gasteiger charge is 2.14. The summed E-state index contributed by atoms with van der Waals surface area (Å²) in [6, 6.07) is 8.23. The number of carbonyl (C=O) groups excluding carboxylic acids is 1. The zero-order chi connectivity index (χ0) is 14.3. The molecule has 4 heteroatoms. The molecular weight excluding hydrogens is 258 g/mol. The minimum absolute atomic E-state index is 0.394. The van der Waals surface area contributed by atoms with Gasteiger partial charge in [-0.3, -0.25) is 0 Å². The Labute approximate surface area is 119 Å². The van der Waals surface area contributed by atoms with Crippen LogP contribution in [0, 0.1) is 0 Å². The zero-order valence-electron chi connectivity index (χ0n) is 11.9. The van der Waals surface area contributed by atoms with Crippen LogP contribution in [-0.2, 0) is 4.74 Å². The van der Waals surface area contributed by atoms with E-state index >= 15 is 0 Å². The summed E-state index contributed by atoms with van der Waals surface area (Å²) >= 11 is 1.71. The van der Waals surface area contributed by atoms with Crippen LogP contribution in [0.25, 0.3) is 6.08 Å². The maximum atomic E-state index is 11.4. The molecule has 0 bridgehead atoms. The van der Waals surface area contributed by atoms with E-state index in [2.05, 4.69) is 17.4 Å². The van der Waals surface area contributed by atoms with Gasteiger partial charge in [0.2, 0.25) is 0 Å². The third-order valence-electron chi connectivity index (χ3n) is 2.17. The predicted molar refractivity (Wildman–Crippen MR) is 81.5 cm³/mol. The summed E-state index contributed by atoms with van der Waals surface area (Å²) in [4.78, 5) is 12.6. The van der Waals surface area contributed by atoms with Crippen molar-refractivity contribution >= 4 is 23.9 Å². The molecule has 3 nitrogen and oxygen atoms in total. The Morgan fingerprint density at radius 3 is 2.79 bits per heavy atom. The summed E-state index contributed by atoms with van der Waals surface area (Å²) in [7, 11) is 0. The molecule has 1 amide bonds. The fourth-order valence-corrected chi connectivity index (χ4v) is 1.87. The number of carbonyl (C=O) groups is 1. The number of hydrogen-bond acceptors (Lipinski definition) is 3. The maximum absolute atomic E-state index is 11.4. The van der Waals surface area contributed by atoms with Crippen LogP contribution in [0.15, 0.2) is 35.2 Å². The molecule has 0 spiro atoms. The number of hydrogen-bond donors (Lipinski definition) is 1. The van der Waals surface area contributed by atoms with Crippen LogP contribution >= 0.6 is 11.8 Å². The number of benzene rings is 1. The van der Waals surface area contributed by atoms with Gasteiger partial charge in [0, 0.05) is 11.4 Å². The Bertz CT molecular complexity index is 450. The van der Waals surface area contributed by atoms with Gasteiger partial charge in [-0.25, -0.2) is 4.79 Å². The summed E-state index contributed by atoms with van der Waals surface area (Å²) in [5.74, 6) is 0. The molecule has 0 aromatic heterocycles. The quantitative estimate of drug-likeness (QED) is 0.848. The third kappa shape index (κ3) is 6.91. The van der Waals surface area contributed by atoms with Crippen molar-refractivity contribution < 1.29 is 9.53 Å². The lowest BCUT2D eigenvalue weighted by Gasteiger charge is -2.19. The Kier molecular flexibility index (Phi) is 5.96. The molecule has 1 aromatic rings. The van der Waals surface area contributed by atoms with Gasteiger partial charge in [0.15, 0.2) is 0 Å². The SMILES string of the molecule is CSc1cccc(C=CCNC(=O)OC(C)(C)C)c1. The van der Waals surface area contributed by atoms with E-state index < -0.39 is 11.7 Å². The fraction of sp³-hybridized carbons (Fsp3) is 0.400. The molecule has 0 saturated heterocycles. The van der Waals surface area contributed by atoms with E-state index in [0.717, 1.165) is 5.56 Å². The molecule has 0 atom stereocenters. The van der Waals surface area contributed by atoms with E-state index in [1.807, 2.05) is 51.3 Å². The number of nitrogens with one attached hydrogen (secondary N) is 1. The first-order valence-electron chi connectivity index (χ1n) is 6.18. The number of thioether (sulfide) groups is 1. The smallest absolute Gasteiger partial charge is 0.407 e. The molecule has 0 aliphatic heterocycles. The van der Waals surface area contributed by atoms with Crippen LogP contribution in [0.5, 0.6) is 0 Å². The lowest BCUT2D eigenvalue weighted by atomic mass is 10.2. The summed E-state index contributed by atoms with van der Waals surface area (Å²) in [5, 5.41) is 2.68. The van der Waals surface area contributed by atoms with Gasteiger partial charge < -0.3 is 10.1 Å². The van der Waals surface area contributed by atoms with E-state index in [9.17, 15) is 4.79 Å². The Balaban J connectivity index is 2.40. The van der Waals surface area contributed by atoms with E-state index in [0.29, 0.717) is 6.54 Å². The highest BCUT2D eigenvalue weighted by molar-refractivity contribution is 7.98. The first-order chi connectivity index (χ1) is 8.90. The molecule has 104 valence electrons. The average molecular weight is 279 g/mol. The van der Waals surface area contributed by atoms with Crippen molar-refractivity contribution in [2.45, 2.75) is 31.3 Å². The summed E-state index contributed by atoms with van der Waals surface area (Å²) < 4.78 is 5.14. The molecule has 0 unspecified atom stereocenters. The van der Waals surface area contributed by atoms with Crippen LogP contribution in [0.1, 0.15) is 26.3 Å². The second kappa shape index (κ2) is 7.24. The van der Waals surface area contributed by atoms with E-state index in [4.69, 9.17) is 4.74 Å². The highest BCUT2D eigenvalue weighted by atomic mass is 32.2. The number of amides is 1. The molecule has 19 heavy (non-hydrogen) atoms. The lowest BCUT2D eigenvalue weighted by molar-refractivity contribution is 0.0534. The summed E-state index contributed by atoms with van der Waals surface area (Å²) in [6.07, 6.45) is 5.54. The topological polar surface area (TPSA) is 38.3 Å². The summed E-state index contributed by atoms with van der Waals surface area (Å²) in [5.41, 5.74) is 0.665. The average Bonchev–Trinajstić information content (AvgIpc) is 2.33. The zero-order valence-corrected chi connectivity index (χ0v) is 12.7. The standard InChI is InChI=1S/C15H21NO2S/c1-15(2,3)18-14(17)16-10-6-8-12-7-5-9-13(11-12)19-4/h5-9,11H,10H2,1-4H3,(H,16,17). The Morgan fingerprint density at radius 1 is 1.42 bits per heavy atom. The normalized spacial score (nSPS) is 11.6. The predicted octanol–water partition coefficient (Wildman–Crippen LogP) is 3.95. The van der Waals surface area contributed by atoms with Crippen molar-refractivity contribution in [1.82, 2.24) is 5.32 Å². The van der Waals surface area contributed by atoms with Gasteiger partial charge >= 0.3 is 6.09 Å². The molecule has 0 fully saturated rings. The minimum Gasteiger partial charge on any atom is -0.444 e. The lowest BCUT2D eigenvalue weighted by Crippen LogP contribution is -2.32. The van der Waals surface area contributed by atoms with E-state index in [1.165, 1.54) is 4.90 Å². The molecule has 0 radical (unpaired) electrons. The van der Waals surface area contributed by atoms with Gasteiger partial charge in [-0.15, -0.1) is 11.8 Å². The molecule has 1 N–H and O–H groups in total. The van der Waals surface area contributed by atoms with Crippen LogP contribution in [0.3, 0.4) is 0 Å². The monoisotopic (exact) mass is 279 g/mol. The minimum atomic E-state index is -0.458. The van der Waals surface area contributed by atoms with E-state index in [-0.39, 0.29) is 0 Å². The van der Waals surface area contributed by atoms with Crippen LogP contribution in [0.4, 0.5) is 4.79 Å². The molecule has 0 heterocycles. The van der Waals surface area contributed by atoms with Gasteiger partial charge in [0.1, 0.15) is 5.60 Å². The number of alkyl carbamates (subject to hydrolysis) is 1. The second-order valence-electron chi connectivity index (χ2n) is 5.06.